The molecule has 0 bridgehead atoms. The summed E-state index contributed by atoms with van der Waals surface area (Å²) in [6.45, 7) is 1.63. The normalized spacial score (nSPS) is 21.1. The molecule has 4 rings (SSSR count). The zero-order valence-electron chi connectivity index (χ0n) is 16.6. The number of nitrogens with one attached hydrogen (secondary N) is 2. The first-order valence-electron chi connectivity index (χ1n) is 10.1. The van der Waals surface area contributed by atoms with E-state index < -0.39 is 16.1 Å². The number of aliphatic imine (C=N–C) groups is 1. The van der Waals surface area contributed by atoms with Crippen molar-refractivity contribution in [2.75, 3.05) is 0 Å². The Kier molecular flexibility index (Phi) is 5.60. The van der Waals surface area contributed by atoms with Gasteiger partial charge in [-0.1, -0.05) is 37.1 Å². The van der Waals surface area contributed by atoms with Crippen molar-refractivity contribution < 1.29 is 17.6 Å². The van der Waals surface area contributed by atoms with Gasteiger partial charge in [-0.25, -0.2) is 12.8 Å². The molecule has 1 unspecified atom stereocenters. The molecule has 1 saturated carbocycles. The lowest BCUT2D eigenvalue weighted by Crippen LogP contribution is -2.38. The first-order chi connectivity index (χ1) is 14.3. The number of carbonyl (C=O) groups is 1. The van der Waals surface area contributed by atoms with E-state index in [4.69, 9.17) is 0 Å². The summed E-state index contributed by atoms with van der Waals surface area (Å²) >= 11 is 0. The Balaban J connectivity index is 1.56. The van der Waals surface area contributed by atoms with Crippen molar-refractivity contribution in [2.24, 2.45) is 10.9 Å². The summed E-state index contributed by atoms with van der Waals surface area (Å²) in [4.78, 5) is 17.5. The SMILES string of the molecule is C[C@H](N=C1NS(=O)(=O)c2ccccc21)C(=O)NC(c1ccc(F)cc1)C1CCCC1. The standard InChI is InChI=1S/C22H24FN3O3S/c1-14(24-21-18-8-4-5-9-19(18)30(28,29)26-21)22(27)25-20(15-6-2-3-7-15)16-10-12-17(23)13-11-16/h4-5,8-15,20H,2-3,6-7H2,1H3,(H,24,26)(H,25,27)/t14-,20?/m0/s1. The van der Waals surface area contributed by atoms with Gasteiger partial charge in [0.2, 0.25) is 5.91 Å². The van der Waals surface area contributed by atoms with Gasteiger partial charge < -0.3 is 5.32 Å². The van der Waals surface area contributed by atoms with Crippen LogP contribution < -0.4 is 10.0 Å². The number of halogens is 1. The first-order valence-corrected chi connectivity index (χ1v) is 11.6. The van der Waals surface area contributed by atoms with Crippen LogP contribution in [0.1, 0.15) is 49.8 Å². The number of hydrogen-bond donors (Lipinski definition) is 2. The fourth-order valence-corrected chi connectivity index (χ4v) is 5.43. The van der Waals surface area contributed by atoms with Crippen LogP contribution in [-0.2, 0) is 14.8 Å². The van der Waals surface area contributed by atoms with Gasteiger partial charge in [-0.2, -0.15) is 0 Å². The number of carbonyl (C=O) groups excluding carboxylic acids is 1. The van der Waals surface area contributed by atoms with Crippen LogP contribution in [0.4, 0.5) is 4.39 Å². The molecule has 6 nitrogen and oxygen atoms in total. The molecule has 2 aromatic carbocycles. The minimum Gasteiger partial charge on any atom is -0.347 e. The molecule has 1 aliphatic carbocycles. The van der Waals surface area contributed by atoms with E-state index in [1.165, 1.54) is 18.2 Å². The highest BCUT2D eigenvalue weighted by Gasteiger charge is 2.32. The van der Waals surface area contributed by atoms with Crippen molar-refractivity contribution in [3.63, 3.8) is 0 Å². The summed E-state index contributed by atoms with van der Waals surface area (Å²) in [6, 6.07) is 11.7. The maximum Gasteiger partial charge on any atom is 0.263 e. The highest BCUT2D eigenvalue weighted by molar-refractivity contribution is 7.90. The number of benzene rings is 2. The summed E-state index contributed by atoms with van der Waals surface area (Å²) in [5.74, 6) is -0.160. The van der Waals surface area contributed by atoms with Crippen molar-refractivity contribution >= 4 is 21.8 Å². The van der Waals surface area contributed by atoms with Gasteiger partial charge in [-0.05, 0) is 55.5 Å². The van der Waals surface area contributed by atoms with Gasteiger partial charge in [0.1, 0.15) is 17.7 Å². The third-order valence-corrected chi connectivity index (χ3v) is 7.16. The third kappa shape index (κ3) is 4.09. The van der Waals surface area contributed by atoms with E-state index in [0.29, 0.717) is 5.56 Å². The van der Waals surface area contributed by atoms with Crippen molar-refractivity contribution in [3.05, 3.63) is 65.5 Å². The number of sulfonamides is 1. The highest BCUT2D eigenvalue weighted by atomic mass is 32.2. The quantitative estimate of drug-likeness (QED) is 0.765. The Morgan fingerprint density at radius 2 is 1.80 bits per heavy atom. The minimum absolute atomic E-state index is 0.159. The molecule has 0 aromatic heterocycles. The van der Waals surface area contributed by atoms with Gasteiger partial charge in [-0.15, -0.1) is 0 Å². The molecule has 8 heteroatoms. The summed E-state index contributed by atoms with van der Waals surface area (Å²) in [6.07, 6.45) is 4.21. The van der Waals surface area contributed by atoms with E-state index in [1.54, 1.807) is 37.3 Å². The van der Waals surface area contributed by atoms with Gasteiger partial charge in [0, 0.05) is 5.56 Å². The summed E-state index contributed by atoms with van der Waals surface area (Å²) in [7, 11) is -3.66. The van der Waals surface area contributed by atoms with E-state index in [9.17, 15) is 17.6 Å². The van der Waals surface area contributed by atoms with E-state index in [2.05, 4.69) is 15.0 Å². The third-order valence-electron chi connectivity index (χ3n) is 5.76. The Bertz CT molecular complexity index is 1080. The largest absolute Gasteiger partial charge is 0.347 e. The predicted octanol–water partition coefficient (Wildman–Crippen LogP) is 3.30. The average Bonchev–Trinajstić information content (AvgIpc) is 3.34. The van der Waals surface area contributed by atoms with Crippen LogP contribution in [0.15, 0.2) is 58.4 Å². The van der Waals surface area contributed by atoms with Crippen LogP contribution in [0.25, 0.3) is 0 Å². The predicted molar refractivity (Wildman–Crippen MR) is 112 cm³/mol. The van der Waals surface area contributed by atoms with Gasteiger partial charge >= 0.3 is 0 Å². The lowest BCUT2D eigenvalue weighted by molar-refractivity contribution is -0.123. The molecule has 158 valence electrons. The molecule has 1 heterocycles. The minimum atomic E-state index is -3.66. The Morgan fingerprint density at radius 1 is 1.13 bits per heavy atom. The Labute approximate surface area is 175 Å². The smallest absolute Gasteiger partial charge is 0.263 e. The van der Waals surface area contributed by atoms with E-state index >= 15 is 0 Å². The second kappa shape index (κ2) is 8.18. The lowest BCUT2D eigenvalue weighted by atomic mass is 9.91. The van der Waals surface area contributed by atoms with Crippen LogP contribution in [0.2, 0.25) is 0 Å². The molecule has 2 aliphatic rings. The van der Waals surface area contributed by atoms with Crippen LogP contribution in [0.3, 0.4) is 0 Å². The van der Waals surface area contributed by atoms with E-state index in [-0.39, 0.29) is 34.4 Å². The Morgan fingerprint density at radius 3 is 2.50 bits per heavy atom. The molecule has 30 heavy (non-hydrogen) atoms. The molecule has 0 spiro atoms. The molecule has 2 N–H and O–H groups in total. The molecule has 0 radical (unpaired) electrons. The Hall–Kier alpha value is -2.74. The van der Waals surface area contributed by atoms with Crippen molar-refractivity contribution in [3.8, 4) is 0 Å². The fraction of sp³-hybridized carbons (Fsp3) is 0.364. The van der Waals surface area contributed by atoms with Gasteiger partial charge in [0.15, 0.2) is 0 Å². The second-order valence-corrected chi connectivity index (χ2v) is 9.49. The maximum atomic E-state index is 13.4. The number of rotatable bonds is 5. The second-order valence-electron chi connectivity index (χ2n) is 7.84. The molecule has 1 amide bonds. The van der Waals surface area contributed by atoms with Gasteiger partial charge in [0.05, 0.1) is 10.9 Å². The molecule has 2 atom stereocenters. The number of amidine groups is 1. The van der Waals surface area contributed by atoms with Crippen molar-refractivity contribution in [2.45, 2.75) is 49.6 Å². The number of hydrogen-bond acceptors (Lipinski definition) is 4. The topological polar surface area (TPSA) is 87.6 Å². The zero-order valence-corrected chi connectivity index (χ0v) is 17.5. The van der Waals surface area contributed by atoms with Gasteiger partial charge in [-0.3, -0.25) is 14.5 Å². The first kappa shape index (κ1) is 20.5. The molecule has 1 fully saturated rings. The lowest BCUT2D eigenvalue weighted by Gasteiger charge is -2.26. The van der Waals surface area contributed by atoms with Crippen LogP contribution in [0.5, 0.6) is 0 Å². The summed E-state index contributed by atoms with van der Waals surface area (Å²) in [5, 5.41) is 3.07. The highest BCUT2D eigenvalue weighted by Crippen LogP contribution is 2.36. The monoisotopic (exact) mass is 429 g/mol. The summed E-state index contributed by atoms with van der Waals surface area (Å²) < 4.78 is 40.3. The number of nitrogens with zero attached hydrogens (tertiary/aromatic N) is 1. The maximum absolute atomic E-state index is 13.4. The van der Waals surface area contributed by atoms with Crippen LogP contribution in [-0.4, -0.2) is 26.2 Å². The number of fused-ring (bicyclic) bond motifs is 1. The van der Waals surface area contributed by atoms with E-state index in [1.807, 2.05) is 0 Å². The van der Waals surface area contributed by atoms with Gasteiger partial charge in [0.25, 0.3) is 10.0 Å². The molecule has 0 saturated heterocycles. The fourth-order valence-electron chi connectivity index (χ4n) is 4.19. The molecular formula is C22H24FN3O3S. The number of amides is 1. The van der Waals surface area contributed by atoms with Crippen molar-refractivity contribution in [1.82, 2.24) is 10.0 Å². The molecule has 1 aliphatic heterocycles. The van der Waals surface area contributed by atoms with E-state index in [0.717, 1.165) is 31.2 Å². The molecule has 2 aromatic rings. The molecular weight excluding hydrogens is 405 g/mol. The average molecular weight is 430 g/mol. The van der Waals surface area contributed by atoms with Crippen LogP contribution >= 0.6 is 0 Å². The van der Waals surface area contributed by atoms with Crippen molar-refractivity contribution in [1.29, 1.82) is 0 Å². The van der Waals surface area contributed by atoms with Crippen LogP contribution in [0, 0.1) is 11.7 Å². The zero-order chi connectivity index (χ0) is 21.3. The summed E-state index contributed by atoms with van der Waals surface area (Å²) in [5.41, 5.74) is 1.33.